The number of aromatic amines is 1. The summed E-state index contributed by atoms with van der Waals surface area (Å²) < 4.78 is 42.0. The highest BCUT2D eigenvalue weighted by atomic mass is 35.5. The monoisotopic (exact) mass is 396 g/mol. The summed E-state index contributed by atoms with van der Waals surface area (Å²) in [6.07, 6.45) is -4.54. The predicted octanol–water partition coefficient (Wildman–Crippen LogP) is 4.37. The first kappa shape index (κ1) is 18.8. The van der Waals surface area contributed by atoms with E-state index in [0.717, 1.165) is 6.07 Å². The molecule has 0 saturated carbocycles. The maximum atomic E-state index is 12.7. The molecule has 0 aliphatic carbocycles. The number of para-hydroxylation sites is 1. The van der Waals surface area contributed by atoms with E-state index in [4.69, 9.17) is 16.3 Å². The summed E-state index contributed by atoms with van der Waals surface area (Å²) in [5.74, 6) is -0.879. The van der Waals surface area contributed by atoms with E-state index >= 15 is 0 Å². The van der Waals surface area contributed by atoms with Crippen molar-refractivity contribution in [2.24, 2.45) is 0 Å². The molecule has 0 atom stereocenters. The Labute approximate surface area is 155 Å². The molecule has 0 aliphatic rings. The molecule has 1 heterocycles. The van der Waals surface area contributed by atoms with E-state index in [2.05, 4.69) is 10.3 Å². The normalized spacial score (nSPS) is 11.4. The van der Waals surface area contributed by atoms with Crippen LogP contribution in [0.2, 0.25) is 5.02 Å². The van der Waals surface area contributed by atoms with Crippen molar-refractivity contribution in [1.29, 1.82) is 0 Å². The second kappa shape index (κ2) is 7.32. The largest absolute Gasteiger partial charge is 0.482 e. The van der Waals surface area contributed by atoms with Crippen LogP contribution in [0.15, 0.2) is 53.3 Å². The molecule has 1 amide bonds. The van der Waals surface area contributed by atoms with Crippen molar-refractivity contribution in [3.05, 3.63) is 69.5 Å². The van der Waals surface area contributed by atoms with Gasteiger partial charge in [0.05, 0.1) is 11.3 Å². The topological polar surface area (TPSA) is 71.2 Å². The fraction of sp³-hybridized carbons (Fsp3) is 0.111. The van der Waals surface area contributed by atoms with Crippen LogP contribution in [0.1, 0.15) is 10.4 Å². The van der Waals surface area contributed by atoms with Crippen molar-refractivity contribution in [2.45, 2.75) is 6.18 Å². The molecule has 9 heteroatoms. The van der Waals surface area contributed by atoms with Crippen LogP contribution in [-0.2, 0) is 0 Å². The van der Waals surface area contributed by atoms with Crippen molar-refractivity contribution in [1.82, 2.24) is 4.98 Å². The third-order valence-electron chi connectivity index (χ3n) is 3.58. The Morgan fingerprint density at radius 3 is 2.63 bits per heavy atom. The first-order valence-electron chi connectivity index (χ1n) is 7.65. The number of pyridine rings is 1. The number of hydrogen-bond donors (Lipinski definition) is 2. The van der Waals surface area contributed by atoms with Crippen molar-refractivity contribution in [3.63, 3.8) is 0 Å². The van der Waals surface area contributed by atoms with E-state index in [9.17, 15) is 22.8 Å². The molecule has 140 valence electrons. The number of carbonyl (C=O) groups is 1. The molecule has 0 unspecified atom stereocenters. The number of carbonyl (C=O) groups excluding carboxylic acids is 1. The lowest BCUT2D eigenvalue weighted by Gasteiger charge is -2.14. The molecule has 0 aliphatic heterocycles. The summed E-state index contributed by atoms with van der Waals surface area (Å²) in [5.41, 5.74) is -0.00881. The highest BCUT2D eigenvalue weighted by Crippen LogP contribution is 2.30. The third-order valence-corrected chi connectivity index (χ3v) is 3.81. The van der Waals surface area contributed by atoms with Gasteiger partial charge in [-0.3, -0.25) is 9.59 Å². The Hall–Kier alpha value is -3.00. The molecule has 0 fully saturated rings. The molecular weight excluding hydrogens is 385 g/mol. The van der Waals surface area contributed by atoms with Crippen molar-refractivity contribution < 1.29 is 22.7 Å². The summed E-state index contributed by atoms with van der Waals surface area (Å²) in [4.78, 5) is 27.0. The molecule has 0 radical (unpaired) electrons. The molecule has 0 spiro atoms. The summed E-state index contributed by atoms with van der Waals surface area (Å²) in [5, 5.41) is 3.13. The van der Waals surface area contributed by atoms with Crippen LogP contribution in [0.25, 0.3) is 10.9 Å². The molecule has 2 aromatic carbocycles. The first-order valence-corrected chi connectivity index (χ1v) is 8.03. The summed E-state index contributed by atoms with van der Waals surface area (Å²) in [6.45, 7) is -1.52. The van der Waals surface area contributed by atoms with Gasteiger partial charge in [-0.2, -0.15) is 13.2 Å². The molecule has 3 aromatic rings. The lowest BCUT2D eigenvalue weighted by atomic mass is 10.1. The predicted molar refractivity (Wildman–Crippen MR) is 95.5 cm³/mol. The van der Waals surface area contributed by atoms with Crippen molar-refractivity contribution in [3.8, 4) is 5.75 Å². The van der Waals surface area contributed by atoms with Gasteiger partial charge in [0, 0.05) is 22.0 Å². The second-order valence-electron chi connectivity index (χ2n) is 5.59. The van der Waals surface area contributed by atoms with Gasteiger partial charge in [-0.15, -0.1) is 0 Å². The Morgan fingerprint density at radius 1 is 1.15 bits per heavy atom. The lowest BCUT2D eigenvalue weighted by Crippen LogP contribution is -2.21. The van der Waals surface area contributed by atoms with Gasteiger partial charge in [-0.25, -0.2) is 0 Å². The minimum absolute atomic E-state index is 0.0406. The summed E-state index contributed by atoms with van der Waals surface area (Å²) in [7, 11) is 0. The minimum Gasteiger partial charge on any atom is -0.482 e. The van der Waals surface area contributed by atoms with E-state index in [-0.39, 0.29) is 22.0 Å². The zero-order chi connectivity index (χ0) is 19.6. The van der Waals surface area contributed by atoms with Crippen LogP contribution in [0, 0.1) is 0 Å². The molecule has 27 heavy (non-hydrogen) atoms. The molecule has 0 bridgehead atoms. The first-order chi connectivity index (χ1) is 12.7. The number of aromatic nitrogens is 1. The van der Waals surface area contributed by atoms with E-state index in [1.165, 1.54) is 18.2 Å². The van der Waals surface area contributed by atoms with E-state index in [0.29, 0.717) is 10.9 Å². The third kappa shape index (κ3) is 4.59. The molecular formula is C18H12ClF3N2O3. The fourth-order valence-electron chi connectivity index (χ4n) is 2.47. The van der Waals surface area contributed by atoms with Gasteiger partial charge in [-0.1, -0.05) is 29.8 Å². The van der Waals surface area contributed by atoms with Crippen LogP contribution in [-0.4, -0.2) is 23.7 Å². The smallest absolute Gasteiger partial charge is 0.422 e. The van der Waals surface area contributed by atoms with Crippen LogP contribution in [0.4, 0.5) is 18.9 Å². The number of H-pyrrole nitrogens is 1. The van der Waals surface area contributed by atoms with Crippen molar-refractivity contribution >= 4 is 34.1 Å². The molecule has 1 aromatic heterocycles. The summed E-state index contributed by atoms with van der Waals surface area (Å²) in [6, 6.07) is 11.6. The van der Waals surface area contributed by atoms with Gasteiger partial charge >= 0.3 is 6.18 Å². The zero-order valence-electron chi connectivity index (χ0n) is 13.6. The highest BCUT2D eigenvalue weighted by Gasteiger charge is 2.29. The Morgan fingerprint density at radius 2 is 1.89 bits per heavy atom. The number of benzene rings is 2. The van der Waals surface area contributed by atoms with Crippen LogP contribution in [0.3, 0.4) is 0 Å². The van der Waals surface area contributed by atoms with Gasteiger partial charge < -0.3 is 15.0 Å². The highest BCUT2D eigenvalue weighted by molar-refractivity contribution is 6.31. The van der Waals surface area contributed by atoms with Crippen LogP contribution in [0.5, 0.6) is 5.75 Å². The van der Waals surface area contributed by atoms with Gasteiger partial charge in [-0.05, 0) is 24.3 Å². The minimum atomic E-state index is -4.54. The number of anilines is 1. The SMILES string of the molecule is O=C(Nc1cc(Cl)ccc1OCC(F)(F)F)c1cc(=O)[nH]c2ccccc12. The number of halogens is 4. The standard InChI is InChI=1S/C18H12ClF3N2O3/c19-10-5-6-15(27-9-18(20,21)22)14(7-10)24-17(26)12-8-16(25)23-13-4-2-1-3-11(12)13/h1-8H,9H2,(H,23,25)(H,24,26). The van der Waals surface area contributed by atoms with E-state index in [1.807, 2.05) is 0 Å². The number of amides is 1. The lowest BCUT2D eigenvalue weighted by molar-refractivity contribution is -0.153. The molecule has 3 rings (SSSR count). The Kier molecular flexibility index (Phi) is 5.09. The summed E-state index contributed by atoms with van der Waals surface area (Å²) >= 11 is 5.87. The van der Waals surface area contributed by atoms with Crippen LogP contribution < -0.4 is 15.6 Å². The number of nitrogens with one attached hydrogen (secondary N) is 2. The number of fused-ring (bicyclic) bond motifs is 1. The molecule has 0 saturated heterocycles. The zero-order valence-corrected chi connectivity index (χ0v) is 14.3. The van der Waals surface area contributed by atoms with Gasteiger partial charge in [0.15, 0.2) is 6.61 Å². The number of rotatable bonds is 4. The quantitative estimate of drug-likeness (QED) is 0.687. The van der Waals surface area contributed by atoms with Gasteiger partial charge in [0.1, 0.15) is 5.75 Å². The Balaban J connectivity index is 1.95. The average Bonchev–Trinajstić information content (AvgIpc) is 2.59. The van der Waals surface area contributed by atoms with E-state index < -0.39 is 24.2 Å². The van der Waals surface area contributed by atoms with E-state index in [1.54, 1.807) is 24.3 Å². The number of ether oxygens (including phenoxy) is 1. The maximum absolute atomic E-state index is 12.7. The number of hydrogen-bond acceptors (Lipinski definition) is 3. The number of alkyl halides is 3. The average molecular weight is 397 g/mol. The Bertz CT molecular complexity index is 1060. The molecule has 2 N–H and O–H groups in total. The second-order valence-corrected chi connectivity index (χ2v) is 6.03. The maximum Gasteiger partial charge on any atom is 0.422 e. The molecule has 5 nitrogen and oxygen atoms in total. The van der Waals surface area contributed by atoms with Crippen molar-refractivity contribution in [2.75, 3.05) is 11.9 Å². The van der Waals surface area contributed by atoms with Crippen LogP contribution >= 0.6 is 11.6 Å². The van der Waals surface area contributed by atoms with Gasteiger partial charge in [0.25, 0.3) is 5.91 Å². The fourth-order valence-corrected chi connectivity index (χ4v) is 2.64. The van der Waals surface area contributed by atoms with Gasteiger partial charge in [0.2, 0.25) is 5.56 Å².